The van der Waals surface area contributed by atoms with E-state index in [0.717, 1.165) is 24.1 Å². The lowest BCUT2D eigenvalue weighted by Gasteiger charge is -2.24. The molecule has 1 fully saturated rings. The summed E-state index contributed by atoms with van der Waals surface area (Å²) in [6.07, 6.45) is 4.93. The fourth-order valence-corrected chi connectivity index (χ4v) is 2.69. The highest BCUT2D eigenvalue weighted by atomic mass is 19.1. The molecule has 1 aromatic heterocycles. The van der Waals surface area contributed by atoms with Crippen LogP contribution >= 0.6 is 0 Å². The number of benzene rings is 1. The van der Waals surface area contributed by atoms with Gasteiger partial charge in [-0.2, -0.15) is 0 Å². The van der Waals surface area contributed by atoms with Crippen LogP contribution in [0.5, 0.6) is 0 Å². The number of aromatic nitrogens is 2. The van der Waals surface area contributed by atoms with E-state index in [1.165, 1.54) is 18.3 Å². The number of likely N-dealkylation sites (tertiary alicyclic amines) is 1. The molecule has 108 valence electrons. The quantitative estimate of drug-likeness (QED) is 0.852. The largest absolute Gasteiger partial charge is 0.330 e. The van der Waals surface area contributed by atoms with E-state index in [-0.39, 0.29) is 17.8 Å². The fraction of sp³-hybridized carbons (Fsp3) is 0.312. The summed E-state index contributed by atoms with van der Waals surface area (Å²) in [5.41, 5.74) is 2.10. The van der Waals surface area contributed by atoms with Crippen molar-refractivity contribution in [2.45, 2.75) is 25.8 Å². The Balaban J connectivity index is 1.85. The van der Waals surface area contributed by atoms with E-state index < -0.39 is 0 Å². The Hall–Kier alpha value is -2.30. The number of hydrogen-bond acceptors (Lipinski definition) is 3. The summed E-state index contributed by atoms with van der Waals surface area (Å²) in [6.45, 7) is 2.52. The third-order valence-electron chi connectivity index (χ3n) is 3.77. The second kappa shape index (κ2) is 5.60. The normalized spacial score (nSPS) is 18.0. The molecule has 0 radical (unpaired) electrons. The summed E-state index contributed by atoms with van der Waals surface area (Å²) >= 11 is 0. The van der Waals surface area contributed by atoms with Crippen LogP contribution in [0.1, 0.15) is 40.6 Å². The SMILES string of the molecule is Cc1cnc(C(=O)N2CCC[C@@H]2c2ccc(F)cc2)cn1. The molecule has 0 saturated carbocycles. The molecule has 1 saturated heterocycles. The lowest BCUT2D eigenvalue weighted by atomic mass is 10.0. The number of nitrogens with zero attached hydrogens (tertiary/aromatic N) is 3. The summed E-state index contributed by atoms with van der Waals surface area (Å²) in [6, 6.07) is 6.34. The molecule has 4 nitrogen and oxygen atoms in total. The second-order valence-corrected chi connectivity index (χ2v) is 5.25. The lowest BCUT2D eigenvalue weighted by Crippen LogP contribution is -2.31. The van der Waals surface area contributed by atoms with Gasteiger partial charge in [0.25, 0.3) is 5.91 Å². The minimum Gasteiger partial charge on any atom is -0.330 e. The first-order valence-electron chi connectivity index (χ1n) is 7.00. The van der Waals surface area contributed by atoms with Gasteiger partial charge in [-0.3, -0.25) is 9.78 Å². The van der Waals surface area contributed by atoms with Crippen molar-refractivity contribution in [1.29, 1.82) is 0 Å². The van der Waals surface area contributed by atoms with Crippen molar-refractivity contribution in [1.82, 2.24) is 14.9 Å². The molecule has 2 aromatic rings. The summed E-state index contributed by atoms with van der Waals surface area (Å²) in [5.74, 6) is -0.381. The van der Waals surface area contributed by atoms with Gasteiger partial charge in [-0.05, 0) is 37.5 Å². The molecule has 0 unspecified atom stereocenters. The van der Waals surface area contributed by atoms with Crippen LogP contribution in [0, 0.1) is 12.7 Å². The number of carbonyl (C=O) groups is 1. The smallest absolute Gasteiger partial charge is 0.274 e. The van der Waals surface area contributed by atoms with Crippen LogP contribution in [-0.4, -0.2) is 27.3 Å². The van der Waals surface area contributed by atoms with Gasteiger partial charge in [0.2, 0.25) is 0 Å². The van der Waals surface area contributed by atoms with Crippen molar-refractivity contribution >= 4 is 5.91 Å². The number of halogens is 1. The summed E-state index contributed by atoms with van der Waals surface area (Å²) in [4.78, 5) is 22.6. The van der Waals surface area contributed by atoms with E-state index in [1.54, 1.807) is 23.2 Å². The molecule has 0 bridgehead atoms. The van der Waals surface area contributed by atoms with Gasteiger partial charge in [-0.25, -0.2) is 9.37 Å². The average molecular weight is 285 g/mol. The average Bonchev–Trinajstić information content (AvgIpc) is 2.97. The summed E-state index contributed by atoms with van der Waals surface area (Å²) in [7, 11) is 0. The highest BCUT2D eigenvalue weighted by Gasteiger charge is 2.31. The van der Waals surface area contributed by atoms with Crippen molar-refractivity contribution in [2.24, 2.45) is 0 Å². The molecule has 1 atom stereocenters. The van der Waals surface area contributed by atoms with Crippen LogP contribution in [0.15, 0.2) is 36.7 Å². The standard InChI is InChI=1S/C16H16FN3O/c1-11-9-19-14(10-18-11)16(21)20-8-2-3-15(20)12-4-6-13(17)7-5-12/h4-7,9-10,15H,2-3,8H2,1H3/t15-/m1/s1. The first kappa shape index (κ1) is 13.7. The van der Waals surface area contributed by atoms with Crippen molar-refractivity contribution in [3.8, 4) is 0 Å². The number of carbonyl (C=O) groups excluding carboxylic acids is 1. The molecular weight excluding hydrogens is 269 g/mol. The minimum atomic E-state index is -0.265. The van der Waals surface area contributed by atoms with Gasteiger partial charge in [0.05, 0.1) is 17.9 Å². The molecular formula is C16H16FN3O. The zero-order valence-corrected chi connectivity index (χ0v) is 11.8. The third-order valence-corrected chi connectivity index (χ3v) is 3.77. The predicted molar refractivity (Wildman–Crippen MR) is 76.2 cm³/mol. The van der Waals surface area contributed by atoms with Gasteiger partial charge in [0.15, 0.2) is 0 Å². The van der Waals surface area contributed by atoms with Gasteiger partial charge in [0, 0.05) is 12.7 Å². The van der Waals surface area contributed by atoms with Gasteiger partial charge >= 0.3 is 0 Å². The van der Waals surface area contributed by atoms with Crippen LogP contribution in [0.4, 0.5) is 4.39 Å². The van der Waals surface area contributed by atoms with E-state index >= 15 is 0 Å². The molecule has 1 aromatic carbocycles. The zero-order valence-electron chi connectivity index (χ0n) is 11.8. The van der Waals surface area contributed by atoms with E-state index in [1.807, 2.05) is 6.92 Å². The van der Waals surface area contributed by atoms with Gasteiger partial charge in [0.1, 0.15) is 11.5 Å². The predicted octanol–water partition coefficient (Wildman–Crippen LogP) is 2.90. The van der Waals surface area contributed by atoms with Crippen molar-refractivity contribution in [3.63, 3.8) is 0 Å². The van der Waals surface area contributed by atoms with Gasteiger partial charge in [-0.1, -0.05) is 12.1 Å². The number of rotatable bonds is 2. The molecule has 0 aliphatic carbocycles. The maximum atomic E-state index is 13.0. The van der Waals surface area contributed by atoms with Gasteiger partial charge in [-0.15, -0.1) is 0 Å². The Morgan fingerprint density at radius 1 is 1.24 bits per heavy atom. The third kappa shape index (κ3) is 2.77. The Bertz CT molecular complexity index is 640. The molecule has 1 aliphatic rings. The molecule has 3 rings (SSSR count). The number of amides is 1. The van der Waals surface area contributed by atoms with E-state index in [2.05, 4.69) is 9.97 Å². The van der Waals surface area contributed by atoms with Crippen LogP contribution in [0.2, 0.25) is 0 Å². The highest BCUT2D eigenvalue weighted by Crippen LogP contribution is 2.32. The maximum Gasteiger partial charge on any atom is 0.274 e. The van der Waals surface area contributed by atoms with Gasteiger partial charge < -0.3 is 4.90 Å². The second-order valence-electron chi connectivity index (χ2n) is 5.25. The molecule has 1 aliphatic heterocycles. The Labute approximate surface area is 122 Å². The Morgan fingerprint density at radius 3 is 2.67 bits per heavy atom. The van der Waals surface area contributed by atoms with Crippen LogP contribution < -0.4 is 0 Å². The van der Waals surface area contributed by atoms with Crippen molar-refractivity contribution in [2.75, 3.05) is 6.54 Å². The fourth-order valence-electron chi connectivity index (χ4n) is 2.69. The minimum absolute atomic E-state index is 0.0128. The number of hydrogen-bond donors (Lipinski definition) is 0. The Kier molecular flexibility index (Phi) is 3.64. The molecule has 0 N–H and O–H groups in total. The van der Waals surface area contributed by atoms with E-state index in [0.29, 0.717) is 12.2 Å². The molecule has 1 amide bonds. The van der Waals surface area contributed by atoms with E-state index in [4.69, 9.17) is 0 Å². The Morgan fingerprint density at radius 2 is 2.00 bits per heavy atom. The van der Waals surface area contributed by atoms with E-state index in [9.17, 15) is 9.18 Å². The molecule has 5 heteroatoms. The molecule has 21 heavy (non-hydrogen) atoms. The first-order valence-corrected chi connectivity index (χ1v) is 7.00. The van der Waals surface area contributed by atoms with Crippen LogP contribution in [-0.2, 0) is 0 Å². The lowest BCUT2D eigenvalue weighted by molar-refractivity contribution is 0.0729. The van der Waals surface area contributed by atoms with Crippen molar-refractivity contribution < 1.29 is 9.18 Å². The molecule has 2 heterocycles. The monoisotopic (exact) mass is 285 g/mol. The number of aryl methyl sites for hydroxylation is 1. The maximum absolute atomic E-state index is 13.0. The first-order chi connectivity index (χ1) is 10.1. The summed E-state index contributed by atoms with van der Waals surface area (Å²) in [5, 5.41) is 0. The topological polar surface area (TPSA) is 46.1 Å². The molecule has 0 spiro atoms. The van der Waals surface area contributed by atoms with Crippen LogP contribution in [0.3, 0.4) is 0 Å². The van der Waals surface area contributed by atoms with Crippen LogP contribution in [0.25, 0.3) is 0 Å². The highest BCUT2D eigenvalue weighted by molar-refractivity contribution is 5.92. The summed E-state index contributed by atoms with van der Waals surface area (Å²) < 4.78 is 13.0. The zero-order chi connectivity index (χ0) is 14.8. The van der Waals surface area contributed by atoms with Crippen molar-refractivity contribution in [3.05, 3.63) is 59.4 Å².